The Hall–Kier alpha value is -3.60. The average molecular weight is 829 g/mol. The Balaban J connectivity index is 1.13. The standard InChI is InChI=1S/C43H66FN6O7P/c1-4-6-7-8-9-10-11-12-13-14-15-16-17-18-19-20-21-22-23-27-30-54-41(52)34(3)49-58(53,57-35-28-25-24-26-29-35)55-32-43(5-2)36(51)31-37(56-43)50-33-46-38-39(45)47-42(44)48-40(38)50/h2,24-26,28-29,33-34,36-37,51H,4,6-23,27,30-32H2,1,3H3,(H,49,53)(H2,45,47,48)/t34-,36-,37+,43+,58-/m0/s1. The van der Waals surface area contributed by atoms with E-state index in [-0.39, 0.29) is 35.8 Å². The zero-order chi connectivity index (χ0) is 41.6. The van der Waals surface area contributed by atoms with Crippen molar-refractivity contribution in [1.29, 1.82) is 0 Å². The number of nitrogen functional groups attached to an aromatic ring is 1. The van der Waals surface area contributed by atoms with Gasteiger partial charge in [-0.05, 0) is 25.5 Å². The molecule has 3 heterocycles. The number of fused-ring (bicyclic) bond motifs is 1. The molecule has 1 fully saturated rings. The molecule has 1 aliphatic heterocycles. The summed E-state index contributed by atoms with van der Waals surface area (Å²) in [5.41, 5.74) is 4.17. The van der Waals surface area contributed by atoms with Gasteiger partial charge in [-0.2, -0.15) is 19.4 Å². The maximum absolute atomic E-state index is 14.2. The van der Waals surface area contributed by atoms with Crippen molar-refractivity contribution in [2.45, 2.75) is 173 Å². The van der Waals surface area contributed by atoms with Crippen molar-refractivity contribution in [3.8, 4) is 18.1 Å². The highest BCUT2D eigenvalue weighted by molar-refractivity contribution is 7.52. The first-order chi connectivity index (χ1) is 28.1. The first kappa shape index (κ1) is 47.1. The van der Waals surface area contributed by atoms with E-state index in [0.717, 1.165) is 19.3 Å². The summed E-state index contributed by atoms with van der Waals surface area (Å²) in [4.78, 5) is 24.4. The monoisotopic (exact) mass is 828 g/mol. The molecule has 1 saturated heterocycles. The number of ether oxygens (including phenoxy) is 2. The molecule has 1 aromatic carbocycles. The lowest BCUT2D eigenvalue weighted by atomic mass is 9.99. The zero-order valence-electron chi connectivity index (χ0n) is 34.6. The Morgan fingerprint density at radius 3 is 2.09 bits per heavy atom. The van der Waals surface area contributed by atoms with Gasteiger partial charge in [-0.1, -0.05) is 153 Å². The molecular formula is C43H66FN6O7P. The van der Waals surface area contributed by atoms with Crippen molar-refractivity contribution in [2.75, 3.05) is 18.9 Å². The molecule has 4 rings (SSSR count). The largest absolute Gasteiger partial charge is 0.465 e. The second-order valence-corrected chi connectivity index (χ2v) is 17.2. The van der Waals surface area contributed by atoms with Crippen LogP contribution in [0.1, 0.15) is 155 Å². The van der Waals surface area contributed by atoms with E-state index < -0.39 is 50.4 Å². The number of halogens is 1. The Morgan fingerprint density at radius 1 is 0.983 bits per heavy atom. The fourth-order valence-electron chi connectivity index (χ4n) is 7.18. The minimum atomic E-state index is -4.34. The number of esters is 1. The van der Waals surface area contributed by atoms with Crippen LogP contribution in [-0.2, 0) is 23.4 Å². The minimum absolute atomic E-state index is 0.0402. The number of rotatable bonds is 30. The number of carbonyl (C=O) groups is 1. The second kappa shape index (κ2) is 25.1. The SMILES string of the molecule is C#C[C@]1(CO[P@@](=O)(N[C@@H](C)C(=O)OCCCCCCCCCCCCCCCCCCCCCC)Oc2ccccc2)O[C@@H](n2cnc3c(N)nc(F)nc32)C[C@@H]1O. The van der Waals surface area contributed by atoms with Crippen LogP contribution in [0.25, 0.3) is 11.2 Å². The summed E-state index contributed by atoms with van der Waals surface area (Å²) < 4.78 is 52.7. The van der Waals surface area contributed by atoms with Gasteiger partial charge in [0.15, 0.2) is 22.6 Å². The van der Waals surface area contributed by atoms with Crippen LogP contribution in [-0.4, -0.2) is 61.6 Å². The fraction of sp³-hybridized carbons (Fsp3) is 0.674. The molecular weight excluding hydrogens is 762 g/mol. The maximum atomic E-state index is 14.2. The van der Waals surface area contributed by atoms with Gasteiger partial charge in [0.05, 0.1) is 12.9 Å². The van der Waals surface area contributed by atoms with Crippen molar-refractivity contribution in [2.24, 2.45) is 0 Å². The van der Waals surface area contributed by atoms with E-state index in [4.69, 9.17) is 30.7 Å². The van der Waals surface area contributed by atoms with Gasteiger partial charge in [-0.3, -0.25) is 13.9 Å². The number of hydrogen-bond acceptors (Lipinski definition) is 11. The van der Waals surface area contributed by atoms with Gasteiger partial charge in [-0.15, -0.1) is 6.42 Å². The summed E-state index contributed by atoms with van der Waals surface area (Å²) in [6.45, 7) is 3.40. The molecule has 58 heavy (non-hydrogen) atoms. The molecule has 0 amide bonds. The number of anilines is 1. The van der Waals surface area contributed by atoms with Gasteiger partial charge in [0.25, 0.3) is 0 Å². The number of nitrogens with one attached hydrogen (secondary N) is 1. The lowest BCUT2D eigenvalue weighted by Gasteiger charge is -2.29. The van der Waals surface area contributed by atoms with Crippen molar-refractivity contribution in [3.05, 3.63) is 42.7 Å². The summed E-state index contributed by atoms with van der Waals surface area (Å²) in [5.74, 6) is 1.84. The fourth-order valence-corrected chi connectivity index (χ4v) is 8.70. The topological polar surface area (TPSA) is 173 Å². The van der Waals surface area contributed by atoms with Gasteiger partial charge >= 0.3 is 19.8 Å². The van der Waals surface area contributed by atoms with E-state index in [1.54, 1.807) is 30.3 Å². The third-order valence-corrected chi connectivity index (χ3v) is 12.3. The summed E-state index contributed by atoms with van der Waals surface area (Å²) >= 11 is 0. The molecule has 0 unspecified atom stereocenters. The molecule has 322 valence electrons. The number of carbonyl (C=O) groups excluding carboxylic acids is 1. The quantitative estimate of drug-likeness (QED) is 0.0191. The van der Waals surface area contributed by atoms with Crippen LogP contribution >= 0.6 is 7.75 Å². The maximum Gasteiger partial charge on any atom is 0.459 e. The average Bonchev–Trinajstić information content (AvgIpc) is 3.78. The lowest BCUT2D eigenvalue weighted by molar-refractivity contribution is -0.145. The first-order valence-electron chi connectivity index (χ1n) is 21.5. The Bertz CT molecular complexity index is 1740. The van der Waals surface area contributed by atoms with Crippen LogP contribution in [0.5, 0.6) is 5.75 Å². The molecule has 0 radical (unpaired) electrons. The minimum Gasteiger partial charge on any atom is -0.465 e. The number of unbranched alkanes of at least 4 members (excludes halogenated alkanes) is 19. The number of imidazole rings is 1. The Labute approximate surface area is 344 Å². The van der Waals surface area contributed by atoms with E-state index in [0.29, 0.717) is 0 Å². The highest BCUT2D eigenvalue weighted by Gasteiger charge is 2.50. The van der Waals surface area contributed by atoms with Crippen LogP contribution in [0.2, 0.25) is 0 Å². The van der Waals surface area contributed by atoms with Crippen molar-refractivity contribution in [3.63, 3.8) is 0 Å². The molecule has 0 bridgehead atoms. The summed E-state index contributed by atoms with van der Waals surface area (Å²) in [6, 6.07) is 7.19. The van der Waals surface area contributed by atoms with Crippen LogP contribution < -0.4 is 15.3 Å². The molecule has 0 saturated carbocycles. The third kappa shape index (κ3) is 15.2. The first-order valence-corrected chi connectivity index (χ1v) is 23.1. The smallest absolute Gasteiger partial charge is 0.459 e. The van der Waals surface area contributed by atoms with Gasteiger partial charge < -0.3 is 24.8 Å². The Kier molecular flexibility index (Phi) is 20.4. The number of nitrogens with zero attached hydrogens (tertiary/aromatic N) is 4. The van der Waals surface area contributed by atoms with Crippen molar-refractivity contribution in [1.82, 2.24) is 24.6 Å². The zero-order valence-corrected chi connectivity index (χ0v) is 35.5. The van der Waals surface area contributed by atoms with E-state index in [2.05, 4.69) is 32.9 Å². The van der Waals surface area contributed by atoms with E-state index in [9.17, 15) is 18.9 Å². The molecule has 5 atom stereocenters. The number of aliphatic hydroxyl groups is 1. The van der Waals surface area contributed by atoms with Crippen LogP contribution in [0.4, 0.5) is 10.2 Å². The van der Waals surface area contributed by atoms with E-state index >= 15 is 0 Å². The van der Waals surface area contributed by atoms with Gasteiger partial charge in [0, 0.05) is 6.42 Å². The van der Waals surface area contributed by atoms with Gasteiger partial charge in [0.1, 0.15) is 30.7 Å². The predicted octanol–water partition coefficient (Wildman–Crippen LogP) is 9.75. The number of terminal acetylenes is 1. The summed E-state index contributed by atoms with van der Waals surface area (Å²) in [6.07, 6.45) is 29.5. The van der Waals surface area contributed by atoms with E-state index in [1.807, 2.05) is 0 Å². The third-order valence-electron chi connectivity index (χ3n) is 10.7. The summed E-state index contributed by atoms with van der Waals surface area (Å²) in [5, 5.41) is 13.8. The van der Waals surface area contributed by atoms with Crippen LogP contribution in [0, 0.1) is 18.4 Å². The molecule has 0 spiro atoms. The van der Waals surface area contributed by atoms with Crippen LogP contribution in [0.3, 0.4) is 0 Å². The number of benzene rings is 1. The van der Waals surface area contributed by atoms with Gasteiger partial charge in [0.2, 0.25) is 0 Å². The molecule has 1 aliphatic rings. The van der Waals surface area contributed by atoms with Crippen molar-refractivity contribution >= 4 is 30.7 Å². The van der Waals surface area contributed by atoms with E-state index in [1.165, 1.54) is 127 Å². The Morgan fingerprint density at radius 2 is 1.53 bits per heavy atom. The highest BCUT2D eigenvalue weighted by atomic mass is 31.2. The molecule has 0 aliphatic carbocycles. The normalized spacial score (nSPS) is 19.5. The number of hydrogen-bond donors (Lipinski definition) is 3. The summed E-state index contributed by atoms with van der Waals surface area (Å²) in [7, 11) is -4.34. The second-order valence-electron chi connectivity index (χ2n) is 15.5. The molecule has 4 N–H and O–H groups in total. The molecule has 15 heteroatoms. The number of aromatic nitrogens is 4. The predicted molar refractivity (Wildman–Crippen MR) is 224 cm³/mol. The number of para-hydroxylation sites is 1. The lowest BCUT2D eigenvalue weighted by Crippen LogP contribution is -2.43. The molecule has 3 aromatic rings. The van der Waals surface area contributed by atoms with Crippen molar-refractivity contribution < 1.29 is 37.4 Å². The number of nitrogens with two attached hydrogens (primary N) is 1. The highest BCUT2D eigenvalue weighted by Crippen LogP contribution is 2.48. The molecule has 2 aromatic heterocycles. The number of aliphatic hydroxyl groups excluding tert-OH is 1. The van der Waals surface area contributed by atoms with Gasteiger partial charge in [-0.25, -0.2) is 9.55 Å². The van der Waals surface area contributed by atoms with Crippen LogP contribution in [0.15, 0.2) is 36.7 Å². The molecule has 13 nitrogen and oxygen atoms in total.